The van der Waals surface area contributed by atoms with Crippen LogP contribution in [0, 0.1) is 10.8 Å². The maximum atomic E-state index is 13.9. The molecular weight excluding hydrogens is 532 g/mol. The van der Waals surface area contributed by atoms with Gasteiger partial charge in [0.25, 0.3) is 11.8 Å². The van der Waals surface area contributed by atoms with Crippen LogP contribution in [-0.4, -0.2) is 40.6 Å². The van der Waals surface area contributed by atoms with Gasteiger partial charge in [-0.25, -0.2) is 0 Å². The van der Waals surface area contributed by atoms with E-state index in [9.17, 15) is 14.4 Å². The fourth-order valence-corrected chi connectivity index (χ4v) is 7.03. The van der Waals surface area contributed by atoms with Gasteiger partial charge in [-0.15, -0.1) is 13.2 Å². The summed E-state index contributed by atoms with van der Waals surface area (Å²) >= 11 is 0. The quantitative estimate of drug-likeness (QED) is 0.193. The number of likely N-dealkylation sites (tertiary alicyclic amines) is 2. The van der Waals surface area contributed by atoms with Gasteiger partial charge < -0.3 is 4.90 Å². The molecule has 2 fully saturated rings. The van der Waals surface area contributed by atoms with Crippen LogP contribution in [-0.2, 0) is 11.2 Å². The Morgan fingerprint density at radius 1 is 0.837 bits per heavy atom. The summed E-state index contributed by atoms with van der Waals surface area (Å²) in [5.74, 6) is -0.320. The summed E-state index contributed by atoms with van der Waals surface area (Å²) in [5.41, 5.74) is 2.64. The van der Waals surface area contributed by atoms with Crippen molar-refractivity contribution < 1.29 is 14.4 Å². The first-order chi connectivity index (χ1) is 20.8. The lowest BCUT2D eigenvalue weighted by atomic mass is 9.72. The third kappa shape index (κ3) is 6.41. The van der Waals surface area contributed by atoms with Crippen molar-refractivity contribution in [3.8, 4) is 0 Å². The van der Waals surface area contributed by atoms with Crippen molar-refractivity contribution in [3.05, 3.63) is 132 Å². The van der Waals surface area contributed by atoms with E-state index in [4.69, 9.17) is 0 Å². The van der Waals surface area contributed by atoms with E-state index in [-0.39, 0.29) is 29.2 Å². The molecule has 3 aromatic rings. The molecule has 2 aliphatic rings. The minimum atomic E-state index is -0.649. The number of benzene rings is 3. The zero-order valence-corrected chi connectivity index (χ0v) is 25.2. The maximum Gasteiger partial charge on any atom is 0.261 e. The molecule has 3 aromatic carbocycles. The van der Waals surface area contributed by atoms with E-state index in [1.807, 2.05) is 66.4 Å². The molecule has 0 aromatic heterocycles. The van der Waals surface area contributed by atoms with Crippen LogP contribution >= 0.6 is 0 Å². The van der Waals surface area contributed by atoms with Crippen LogP contribution in [0.2, 0.25) is 0 Å². The fraction of sp³-hybridized carbons (Fsp3) is 0.342. The predicted molar refractivity (Wildman–Crippen MR) is 171 cm³/mol. The van der Waals surface area contributed by atoms with E-state index in [1.54, 1.807) is 18.2 Å². The number of piperidine rings is 2. The van der Waals surface area contributed by atoms with Crippen molar-refractivity contribution in [1.82, 2.24) is 9.80 Å². The molecule has 0 N–H and O–H groups in total. The van der Waals surface area contributed by atoms with E-state index in [0.717, 1.165) is 43.4 Å². The first-order valence-electron chi connectivity index (χ1n) is 15.4. The predicted octanol–water partition coefficient (Wildman–Crippen LogP) is 7.81. The summed E-state index contributed by atoms with van der Waals surface area (Å²) in [4.78, 5) is 44.4. The van der Waals surface area contributed by atoms with Crippen LogP contribution in [0.3, 0.4) is 0 Å². The van der Waals surface area contributed by atoms with Crippen LogP contribution in [0.5, 0.6) is 0 Å². The normalized spacial score (nSPS) is 23.9. The van der Waals surface area contributed by atoms with Gasteiger partial charge in [0.05, 0.1) is 11.5 Å². The highest BCUT2D eigenvalue weighted by Crippen LogP contribution is 2.44. The largest absolute Gasteiger partial charge is 0.338 e. The molecule has 43 heavy (non-hydrogen) atoms. The molecule has 3 atom stereocenters. The summed E-state index contributed by atoms with van der Waals surface area (Å²) in [6, 6.07) is 26.6. The van der Waals surface area contributed by atoms with Gasteiger partial charge in [0.15, 0.2) is 0 Å². The molecule has 5 rings (SSSR count). The third-order valence-corrected chi connectivity index (χ3v) is 9.34. The Morgan fingerprint density at radius 2 is 1.44 bits per heavy atom. The zero-order chi connectivity index (χ0) is 30.5. The number of hydrogen-bond donors (Lipinski definition) is 0. The molecule has 3 unspecified atom stereocenters. The van der Waals surface area contributed by atoms with Gasteiger partial charge in [-0.2, -0.15) is 0 Å². The van der Waals surface area contributed by atoms with E-state index in [1.165, 1.54) is 10.5 Å². The Hall–Kier alpha value is -4.25. The minimum absolute atomic E-state index is 0.0812. The zero-order valence-electron chi connectivity index (χ0n) is 25.2. The summed E-state index contributed by atoms with van der Waals surface area (Å²) in [6.45, 7) is 11.3. The number of carbonyl (C=O) groups excluding carboxylic acids is 3. The number of nitrogens with zero attached hydrogens (tertiary/aromatic N) is 2. The van der Waals surface area contributed by atoms with Crippen LogP contribution in [0.4, 0.5) is 0 Å². The molecule has 2 heterocycles. The fourth-order valence-electron chi connectivity index (χ4n) is 7.03. The minimum Gasteiger partial charge on any atom is -0.338 e. The molecular formula is C38H42N2O3. The first-order valence-corrected chi connectivity index (χ1v) is 15.4. The molecule has 0 saturated carbocycles. The van der Waals surface area contributed by atoms with Gasteiger partial charge >= 0.3 is 0 Å². The lowest BCUT2D eigenvalue weighted by molar-refractivity contribution is -0.145. The van der Waals surface area contributed by atoms with Gasteiger partial charge in [0.1, 0.15) is 0 Å². The highest BCUT2D eigenvalue weighted by Gasteiger charge is 2.46. The second kappa shape index (κ2) is 12.9. The number of rotatable bonds is 9. The lowest BCUT2D eigenvalue weighted by Crippen LogP contribution is -2.51. The standard InChI is InChI=1S/C38H42N2O3/c1-4-22-37(3)25-21-33(40(36(37)43)35(42)32-15-10-7-11-16-32)30-19-17-29(18-20-30)27-38(23-5-2)24-12-26-39(28-38)34(41)31-13-8-6-9-14-31/h4-11,13-20,33H,1-2,12,21-28H2,3H3. The summed E-state index contributed by atoms with van der Waals surface area (Å²) in [5, 5.41) is 0. The molecule has 2 saturated heterocycles. The molecule has 5 heteroatoms. The highest BCUT2D eigenvalue weighted by molar-refractivity contribution is 6.07. The number of allylic oxidation sites excluding steroid dienone is 2. The SMILES string of the molecule is C=CCC1(Cc2ccc(C3CCC(C)(CC=C)C(=O)N3C(=O)c3ccccc3)cc2)CCCN(C(=O)c2ccccc2)C1. The van der Waals surface area contributed by atoms with Crippen molar-refractivity contribution in [3.63, 3.8) is 0 Å². The summed E-state index contributed by atoms with van der Waals surface area (Å²) in [6.07, 6.45) is 9.30. The van der Waals surface area contributed by atoms with Crippen molar-refractivity contribution >= 4 is 17.7 Å². The van der Waals surface area contributed by atoms with Crippen molar-refractivity contribution in [2.75, 3.05) is 13.1 Å². The van der Waals surface area contributed by atoms with Crippen LogP contribution in [0.1, 0.15) is 83.3 Å². The van der Waals surface area contributed by atoms with Crippen LogP contribution in [0.15, 0.2) is 110 Å². The highest BCUT2D eigenvalue weighted by atomic mass is 16.2. The molecule has 5 nitrogen and oxygen atoms in total. The molecule has 0 radical (unpaired) electrons. The number of amides is 3. The van der Waals surface area contributed by atoms with Gasteiger partial charge in [-0.3, -0.25) is 19.3 Å². The van der Waals surface area contributed by atoms with Crippen molar-refractivity contribution in [2.24, 2.45) is 10.8 Å². The monoisotopic (exact) mass is 574 g/mol. The summed E-state index contributed by atoms with van der Waals surface area (Å²) in [7, 11) is 0. The first kappa shape index (κ1) is 30.2. The third-order valence-electron chi connectivity index (χ3n) is 9.34. The second-order valence-corrected chi connectivity index (χ2v) is 12.6. The Labute approximate surface area is 255 Å². The van der Waals surface area contributed by atoms with Crippen LogP contribution < -0.4 is 0 Å². The van der Waals surface area contributed by atoms with E-state index >= 15 is 0 Å². The Kier molecular flexibility index (Phi) is 9.10. The van der Waals surface area contributed by atoms with Gasteiger partial charge in [-0.05, 0) is 85.8 Å². The average Bonchev–Trinajstić information content (AvgIpc) is 3.03. The Bertz CT molecular complexity index is 1470. The smallest absolute Gasteiger partial charge is 0.261 e. The molecule has 3 amide bonds. The molecule has 0 bridgehead atoms. The Balaban J connectivity index is 1.38. The molecule has 2 aliphatic heterocycles. The van der Waals surface area contributed by atoms with E-state index < -0.39 is 5.41 Å². The average molecular weight is 575 g/mol. The maximum absolute atomic E-state index is 13.9. The van der Waals surface area contributed by atoms with Crippen molar-refractivity contribution in [2.45, 2.75) is 57.9 Å². The van der Waals surface area contributed by atoms with Gasteiger partial charge in [0, 0.05) is 24.2 Å². The van der Waals surface area contributed by atoms with E-state index in [2.05, 4.69) is 37.4 Å². The van der Waals surface area contributed by atoms with Gasteiger partial charge in [-0.1, -0.05) is 79.7 Å². The number of hydrogen-bond acceptors (Lipinski definition) is 3. The Morgan fingerprint density at radius 3 is 2.05 bits per heavy atom. The lowest BCUT2D eigenvalue weighted by Gasteiger charge is -2.44. The van der Waals surface area contributed by atoms with Crippen LogP contribution in [0.25, 0.3) is 0 Å². The van der Waals surface area contributed by atoms with E-state index in [0.29, 0.717) is 31.4 Å². The topological polar surface area (TPSA) is 57.7 Å². The van der Waals surface area contributed by atoms with Crippen molar-refractivity contribution in [1.29, 1.82) is 0 Å². The molecule has 0 spiro atoms. The molecule has 222 valence electrons. The number of imide groups is 1. The second-order valence-electron chi connectivity index (χ2n) is 12.6. The number of carbonyl (C=O) groups is 3. The summed E-state index contributed by atoms with van der Waals surface area (Å²) < 4.78 is 0. The van der Waals surface area contributed by atoms with Gasteiger partial charge in [0.2, 0.25) is 5.91 Å². The molecule has 0 aliphatic carbocycles.